The molecule has 2 N–H and O–H groups in total. The van der Waals surface area contributed by atoms with Crippen molar-refractivity contribution in [2.24, 2.45) is 0 Å². The van der Waals surface area contributed by atoms with Gasteiger partial charge in [0.1, 0.15) is 21.0 Å². The Kier molecular flexibility index (Phi) is 8.14. The van der Waals surface area contributed by atoms with Gasteiger partial charge in [-0.15, -0.1) is 23.5 Å². The van der Waals surface area contributed by atoms with E-state index in [-0.39, 0.29) is 24.8 Å². The van der Waals surface area contributed by atoms with E-state index in [1.54, 1.807) is 0 Å². The molecule has 4 aromatic rings. The van der Waals surface area contributed by atoms with E-state index in [4.69, 9.17) is 19.7 Å². The molecule has 0 bridgehead atoms. The molecule has 6 rings (SSSR count). The molecule has 0 saturated carbocycles. The number of rotatable bonds is 11. The van der Waals surface area contributed by atoms with E-state index in [0.717, 1.165) is 9.79 Å². The predicted octanol–water partition coefficient (Wildman–Crippen LogP) is 6.28. The molecule has 2 heterocycles. The van der Waals surface area contributed by atoms with Crippen molar-refractivity contribution in [2.45, 2.75) is 32.1 Å². The van der Waals surface area contributed by atoms with Crippen LogP contribution in [0, 0.1) is 0 Å². The molecule has 0 aliphatic carbocycles. The quantitative estimate of drug-likeness (QED) is 0.195. The maximum absolute atomic E-state index is 14.8. The highest BCUT2D eigenvalue weighted by Crippen LogP contribution is 2.69. The molecule has 0 fully saturated rings. The van der Waals surface area contributed by atoms with Crippen LogP contribution in [0.4, 0.5) is 0 Å². The first-order chi connectivity index (χ1) is 20.5. The number of ether oxygens (including phenoxy) is 2. The number of carbonyl (C=O) groups excluding carboxylic acids is 2. The van der Waals surface area contributed by atoms with Gasteiger partial charge in [-0.3, -0.25) is 9.59 Å². The molecule has 0 amide bonds. The molecule has 0 aromatic heterocycles. The van der Waals surface area contributed by atoms with Gasteiger partial charge in [0.05, 0.1) is 13.2 Å². The smallest absolute Gasteiger partial charge is 0.187 e. The van der Waals surface area contributed by atoms with Crippen LogP contribution in [0.25, 0.3) is 0 Å². The lowest BCUT2D eigenvalue weighted by atomic mass is 9.72. The monoisotopic (exact) mass is 598 g/mol. The maximum Gasteiger partial charge on any atom is 0.187 e. The van der Waals surface area contributed by atoms with Gasteiger partial charge in [0.2, 0.25) is 0 Å². The van der Waals surface area contributed by atoms with Gasteiger partial charge in [-0.25, -0.2) is 0 Å². The summed E-state index contributed by atoms with van der Waals surface area (Å²) in [7, 11) is 0. The van der Waals surface area contributed by atoms with Gasteiger partial charge >= 0.3 is 0 Å². The molecule has 2 unspecified atom stereocenters. The Bertz CT molecular complexity index is 1480. The molecule has 2 aliphatic heterocycles. The van der Waals surface area contributed by atoms with Crippen LogP contribution in [0.3, 0.4) is 0 Å². The van der Waals surface area contributed by atoms with Gasteiger partial charge in [0.15, 0.2) is 11.6 Å². The van der Waals surface area contributed by atoms with Crippen LogP contribution < -0.4 is 9.47 Å². The third-order valence-electron chi connectivity index (χ3n) is 7.59. The fraction of sp³-hybridized carbons (Fsp3) is 0.235. The summed E-state index contributed by atoms with van der Waals surface area (Å²) >= 11 is 2.87. The number of carbonyl (C=O) groups is 2. The van der Waals surface area contributed by atoms with Crippen LogP contribution in [0.5, 0.6) is 11.5 Å². The summed E-state index contributed by atoms with van der Waals surface area (Å²) in [6.45, 7) is 0.831. The van der Waals surface area contributed by atoms with Crippen molar-refractivity contribution in [3.63, 3.8) is 0 Å². The Balaban J connectivity index is 1.54. The number of hydrogen-bond donors (Lipinski definition) is 2. The van der Waals surface area contributed by atoms with Crippen LogP contribution in [0.1, 0.15) is 44.7 Å². The van der Waals surface area contributed by atoms with Crippen molar-refractivity contribution in [2.75, 3.05) is 26.4 Å². The molecule has 0 radical (unpaired) electrons. The van der Waals surface area contributed by atoms with Crippen LogP contribution >= 0.6 is 23.5 Å². The third-order valence-corrected chi connectivity index (χ3v) is 10.9. The minimum Gasteiger partial charge on any atom is -0.494 e. The van der Waals surface area contributed by atoms with Crippen molar-refractivity contribution in [1.82, 2.24) is 0 Å². The highest BCUT2D eigenvalue weighted by Gasteiger charge is 2.68. The van der Waals surface area contributed by atoms with E-state index < -0.39 is 9.49 Å². The van der Waals surface area contributed by atoms with Crippen molar-refractivity contribution < 1.29 is 29.3 Å². The number of Topliss-reactive ketones (excluding diaryl/α,β-unsaturated/α-hetero) is 2. The van der Waals surface area contributed by atoms with Crippen molar-refractivity contribution >= 4 is 35.1 Å². The van der Waals surface area contributed by atoms with Crippen LogP contribution in [-0.2, 0) is 9.49 Å². The summed E-state index contributed by atoms with van der Waals surface area (Å²) in [5, 5.41) is 18.3. The number of fused-ring (bicyclic) bond motifs is 2. The molecule has 4 aromatic carbocycles. The van der Waals surface area contributed by atoms with Crippen molar-refractivity contribution in [3.8, 4) is 11.5 Å². The number of aliphatic hydroxyl groups excluding tert-OH is 2. The predicted molar refractivity (Wildman–Crippen MR) is 164 cm³/mol. The Hall–Kier alpha value is -3.56. The van der Waals surface area contributed by atoms with E-state index in [2.05, 4.69) is 0 Å². The maximum atomic E-state index is 14.8. The standard InChI is InChI=1S/C34H30O6S2/c35-19-5-21-39-25-15-11-23(12-16-25)33(31(37)27-7-1-3-9-29(27)41-33)34(32(38)28-8-2-4-10-30(28)42-34)24-13-17-26(18-14-24)40-22-6-20-36/h1-4,7-18,35-36H,5-6,19-22H2. The molecular weight excluding hydrogens is 569 g/mol. The lowest BCUT2D eigenvalue weighted by Gasteiger charge is -2.43. The van der Waals surface area contributed by atoms with Crippen LogP contribution in [-0.4, -0.2) is 48.2 Å². The van der Waals surface area contributed by atoms with Gasteiger partial charge in [0, 0.05) is 47.0 Å². The molecule has 0 saturated heterocycles. The second kappa shape index (κ2) is 12.0. The molecule has 2 aliphatic rings. The van der Waals surface area contributed by atoms with Crippen LogP contribution in [0.2, 0.25) is 0 Å². The molecule has 2 atom stereocenters. The summed E-state index contributed by atoms with van der Waals surface area (Å²) in [6.07, 6.45) is 1.03. The zero-order valence-electron chi connectivity index (χ0n) is 22.8. The van der Waals surface area contributed by atoms with Crippen molar-refractivity contribution in [3.05, 3.63) is 119 Å². The minimum absolute atomic E-state index is 0.0400. The lowest BCUT2D eigenvalue weighted by molar-refractivity contribution is 0.0832. The van der Waals surface area contributed by atoms with Crippen molar-refractivity contribution in [1.29, 1.82) is 0 Å². The second-order valence-corrected chi connectivity index (χ2v) is 12.6. The third kappa shape index (κ3) is 4.63. The largest absolute Gasteiger partial charge is 0.494 e. The van der Waals surface area contributed by atoms with E-state index in [0.29, 0.717) is 59.8 Å². The van der Waals surface area contributed by atoms with E-state index in [9.17, 15) is 9.59 Å². The highest BCUT2D eigenvalue weighted by atomic mass is 32.2. The lowest BCUT2D eigenvalue weighted by Crippen LogP contribution is -2.51. The Morgan fingerprint density at radius 1 is 0.548 bits per heavy atom. The van der Waals surface area contributed by atoms with Gasteiger partial charge in [0.25, 0.3) is 0 Å². The molecule has 42 heavy (non-hydrogen) atoms. The Morgan fingerprint density at radius 3 is 1.29 bits per heavy atom. The zero-order chi connectivity index (χ0) is 29.2. The van der Waals surface area contributed by atoms with Crippen LogP contribution in [0.15, 0.2) is 107 Å². The van der Waals surface area contributed by atoms with Gasteiger partial charge in [-0.2, -0.15) is 0 Å². The fourth-order valence-electron chi connectivity index (χ4n) is 5.62. The molecule has 8 heteroatoms. The normalized spacial score (nSPS) is 20.8. The van der Waals surface area contributed by atoms with E-state index >= 15 is 0 Å². The number of benzene rings is 4. The summed E-state index contributed by atoms with van der Waals surface area (Å²) in [6, 6.07) is 29.9. The molecule has 6 nitrogen and oxygen atoms in total. The summed E-state index contributed by atoms with van der Waals surface area (Å²) in [4.78, 5) is 31.3. The van der Waals surface area contributed by atoms with Gasteiger partial charge < -0.3 is 19.7 Å². The number of aliphatic hydroxyl groups is 2. The first-order valence-electron chi connectivity index (χ1n) is 13.9. The average molecular weight is 599 g/mol. The van der Waals surface area contributed by atoms with E-state index in [1.807, 2.05) is 97.1 Å². The summed E-state index contributed by atoms with van der Waals surface area (Å²) in [5.41, 5.74) is 2.61. The first kappa shape index (κ1) is 28.6. The Labute approximate surface area is 253 Å². The van der Waals surface area contributed by atoms with Gasteiger partial charge in [-0.1, -0.05) is 60.7 Å². The molecule has 214 valence electrons. The topological polar surface area (TPSA) is 93.1 Å². The average Bonchev–Trinajstić information content (AvgIpc) is 3.51. The molecule has 0 spiro atoms. The Morgan fingerprint density at radius 2 is 0.929 bits per heavy atom. The highest BCUT2D eigenvalue weighted by molar-refractivity contribution is 8.06. The SMILES string of the molecule is O=C1c2ccccc2SC1(c1ccc(OCCCO)cc1)C1(c2ccc(OCCCO)cc2)Sc2ccccc2C1=O. The second-order valence-electron chi connectivity index (χ2n) is 10.1. The zero-order valence-corrected chi connectivity index (χ0v) is 24.5. The number of hydrogen-bond acceptors (Lipinski definition) is 8. The fourth-order valence-corrected chi connectivity index (χ4v) is 8.99. The molecular formula is C34H30O6S2. The van der Waals surface area contributed by atoms with E-state index in [1.165, 1.54) is 23.5 Å². The number of ketones is 2. The first-order valence-corrected chi connectivity index (χ1v) is 15.5. The summed E-state index contributed by atoms with van der Waals surface area (Å²) in [5.74, 6) is 1.02. The summed E-state index contributed by atoms with van der Waals surface area (Å²) < 4.78 is 8.95. The minimum atomic E-state index is -1.32. The van der Waals surface area contributed by atoms with Gasteiger partial charge in [-0.05, 0) is 47.5 Å². The number of thioether (sulfide) groups is 2.